The van der Waals surface area contributed by atoms with Gasteiger partial charge in [0.25, 0.3) is 5.56 Å². The van der Waals surface area contributed by atoms with Crippen molar-refractivity contribution in [2.45, 2.75) is 39.0 Å². The van der Waals surface area contributed by atoms with Crippen LogP contribution in [0.25, 0.3) is 11.3 Å². The quantitative estimate of drug-likeness (QED) is 0.576. The third-order valence-electron chi connectivity index (χ3n) is 4.90. The first kappa shape index (κ1) is 22.3. The molecule has 0 bridgehead atoms. The summed E-state index contributed by atoms with van der Waals surface area (Å²) >= 11 is 0. The van der Waals surface area contributed by atoms with Crippen molar-refractivity contribution < 1.29 is 18.0 Å². The molecule has 7 heteroatoms. The number of nitrogens with one attached hydrogen (secondary N) is 1. The van der Waals surface area contributed by atoms with E-state index in [9.17, 15) is 22.8 Å². The summed E-state index contributed by atoms with van der Waals surface area (Å²) in [5.41, 5.74) is -0.810. The van der Waals surface area contributed by atoms with Crippen LogP contribution in [0.2, 0.25) is 0 Å². The lowest BCUT2D eigenvalue weighted by atomic mass is 10.0. The number of pyridine rings is 1. The second-order valence-corrected chi connectivity index (χ2v) is 7.19. The van der Waals surface area contributed by atoms with Crippen LogP contribution in [-0.2, 0) is 24.1 Å². The van der Waals surface area contributed by atoms with E-state index in [1.165, 1.54) is 4.57 Å². The van der Waals surface area contributed by atoms with Gasteiger partial charge in [0.1, 0.15) is 0 Å². The highest BCUT2D eigenvalue weighted by Crippen LogP contribution is 2.34. The Morgan fingerprint density at radius 2 is 1.61 bits per heavy atom. The van der Waals surface area contributed by atoms with Gasteiger partial charge in [-0.2, -0.15) is 13.2 Å². The van der Waals surface area contributed by atoms with Crippen molar-refractivity contribution >= 4 is 5.91 Å². The molecule has 0 unspecified atom stereocenters. The zero-order valence-electron chi connectivity index (χ0n) is 17.1. The molecule has 0 spiro atoms. The molecule has 0 atom stereocenters. The molecule has 1 N–H and O–H groups in total. The fraction of sp³-hybridized carbons (Fsp3) is 0.250. The normalized spacial score (nSPS) is 11.4. The van der Waals surface area contributed by atoms with Gasteiger partial charge in [-0.05, 0) is 23.6 Å². The summed E-state index contributed by atoms with van der Waals surface area (Å²) in [5, 5.41) is 2.45. The van der Waals surface area contributed by atoms with Crippen LogP contribution in [0.5, 0.6) is 0 Å². The maximum Gasteiger partial charge on any atom is 0.417 e. The smallest absolute Gasteiger partial charge is 0.352 e. The number of carbonyl (C=O) groups excluding carboxylic acids is 1. The molecule has 0 saturated carbocycles. The fourth-order valence-corrected chi connectivity index (χ4v) is 3.39. The summed E-state index contributed by atoms with van der Waals surface area (Å²) in [5.74, 6) is -0.392. The maximum atomic E-state index is 13.9. The average molecular weight is 428 g/mol. The number of aromatic nitrogens is 1. The Bertz CT molecular complexity index is 1090. The minimum absolute atomic E-state index is 0.109. The summed E-state index contributed by atoms with van der Waals surface area (Å²) in [4.78, 5) is 25.2. The molecule has 0 fully saturated rings. The molecular weight excluding hydrogens is 405 g/mol. The van der Waals surface area contributed by atoms with E-state index in [1.807, 2.05) is 18.2 Å². The number of nitrogens with zero attached hydrogens (tertiary/aromatic N) is 1. The number of carbonyl (C=O) groups is 1. The first-order valence-corrected chi connectivity index (χ1v) is 10.0. The van der Waals surface area contributed by atoms with Gasteiger partial charge in [-0.1, -0.05) is 67.6 Å². The molecule has 31 heavy (non-hydrogen) atoms. The average Bonchev–Trinajstić information content (AvgIpc) is 2.75. The second-order valence-electron chi connectivity index (χ2n) is 7.19. The van der Waals surface area contributed by atoms with Crippen molar-refractivity contribution in [2.75, 3.05) is 0 Å². The lowest BCUT2D eigenvalue weighted by Crippen LogP contribution is -2.34. The van der Waals surface area contributed by atoms with Gasteiger partial charge in [0.15, 0.2) is 0 Å². The molecule has 162 valence electrons. The Morgan fingerprint density at radius 1 is 1.00 bits per heavy atom. The lowest BCUT2D eigenvalue weighted by molar-refractivity contribution is -0.138. The van der Waals surface area contributed by atoms with Gasteiger partial charge in [0, 0.05) is 18.5 Å². The van der Waals surface area contributed by atoms with E-state index in [2.05, 4.69) is 5.32 Å². The monoisotopic (exact) mass is 428 g/mol. The van der Waals surface area contributed by atoms with Crippen molar-refractivity contribution in [3.05, 3.63) is 93.8 Å². The Balaban J connectivity index is 2.19. The van der Waals surface area contributed by atoms with Crippen LogP contribution in [0.15, 0.2) is 71.5 Å². The lowest BCUT2D eigenvalue weighted by Gasteiger charge is -2.20. The Kier molecular flexibility index (Phi) is 6.95. The van der Waals surface area contributed by atoms with Gasteiger partial charge in [0.05, 0.1) is 17.8 Å². The summed E-state index contributed by atoms with van der Waals surface area (Å²) in [7, 11) is 0. The number of benzene rings is 2. The minimum atomic E-state index is -4.74. The zero-order valence-corrected chi connectivity index (χ0v) is 17.1. The minimum Gasteiger partial charge on any atom is -0.352 e. The molecule has 1 aromatic heterocycles. The summed E-state index contributed by atoms with van der Waals surface area (Å²) < 4.78 is 43.0. The van der Waals surface area contributed by atoms with E-state index < -0.39 is 35.3 Å². The van der Waals surface area contributed by atoms with Crippen LogP contribution >= 0.6 is 0 Å². The van der Waals surface area contributed by atoms with Gasteiger partial charge in [-0.25, -0.2) is 0 Å². The van der Waals surface area contributed by atoms with Gasteiger partial charge < -0.3 is 9.88 Å². The standard InChI is InChI=1S/C24H23F3N2O2/c1-2-9-22(30)28-15-19-20(24(25,26)27)14-21(18-12-7-4-8-13-18)29(23(19)31)16-17-10-5-3-6-11-17/h3-8,10-14H,2,9,15-16H2,1H3,(H,28,30). The van der Waals surface area contributed by atoms with Crippen LogP contribution in [0, 0.1) is 0 Å². The van der Waals surface area contributed by atoms with Crippen molar-refractivity contribution in [2.24, 2.45) is 0 Å². The van der Waals surface area contributed by atoms with Crippen molar-refractivity contribution in [1.82, 2.24) is 9.88 Å². The molecule has 2 aromatic carbocycles. The summed E-state index contributed by atoms with van der Waals surface area (Å²) in [6, 6.07) is 18.5. The number of rotatable bonds is 7. The zero-order chi connectivity index (χ0) is 22.4. The van der Waals surface area contributed by atoms with Gasteiger partial charge in [0.2, 0.25) is 5.91 Å². The molecule has 0 aliphatic rings. The van der Waals surface area contributed by atoms with Crippen LogP contribution in [0.4, 0.5) is 13.2 Å². The summed E-state index contributed by atoms with van der Waals surface area (Å²) in [6.45, 7) is 1.43. The highest BCUT2D eigenvalue weighted by atomic mass is 19.4. The molecule has 0 aliphatic heterocycles. The number of hydrogen-bond acceptors (Lipinski definition) is 2. The number of amides is 1. The number of halogens is 3. The highest BCUT2D eigenvalue weighted by Gasteiger charge is 2.36. The number of hydrogen-bond donors (Lipinski definition) is 1. The summed E-state index contributed by atoms with van der Waals surface area (Å²) in [6.07, 6.45) is -4.00. The van der Waals surface area contributed by atoms with Crippen molar-refractivity contribution in [3.8, 4) is 11.3 Å². The number of alkyl halides is 3. The maximum absolute atomic E-state index is 13.9. The van der Waals surface area contributed by atoms with Gasteiger partial charge >= 0.3 is 6.18 Å². The Labute approximate surface area is 178 Å². The van der Waals surface area contributed by atoms with Crippen LogP contribution in [-0.4, -0.2) is 10.5 Å². The SMILES string of the molecule is CCCC(=O)NCc1c(C(F)(F)F)cc(-c2ccccc2)n(Cc2ccccc2)c1=O. The predicted molar refractivity (Wildman–Crippen MR) is 113 cm³/mol. The van der Waals surface area contributed by atoms with E-state index >= 15 is 0 Å². The van der Waals surface area contributed by atoms with E-state index in [1.54, 1.807) is 49.4 Å². The van der Waals surface area contributed by atoms with Gasteiger partial charge in [-0.15, -0.1) is 0 Å². The van der Waals surface area contributed by atoms with E-state index in [0.717, 1.165) is 11.6 Å². The van der Waals surface area contributed by atoms with E-state index in [0.29, 0.717) is 12.0 Å². The molecule has 0 radical (unpaired) electrons. The fourth-order valence-electron chi connectivity index (χ4n) is 3.39. The van der Waals surface area contributed by atoms with Crippen molar-refractivity contribution in [3.63, 3.8) is 0 Å². The highest BCUT2D eigenvalue weighted by molar-refractivity contribution is 5.75. The topological polar surface area (TPSA) is 51.1 Å². The van der Waals surface area contributed by atoms with Crippen LogP contribution < -0.4 is 10.9 Å². The van der Waals surface area contributed by atoms with Crippen LogP contribution in [0.3, 0.4) is 0 Å². The third kappa shape index (κ3) is 5.42. The first-order chi connectivity index (χ1) is 14.8. The van der Waals surface area contributed by atoms with E-state index in [-0.39, 0.29) is 18.7 Å². The molecule has 0 aliphatic carbocycles. The largest absolute Gasteiger partial charge is 0.417 e. The molecule has 3 aromatic rings. The van der Waals surface area contributed by atoms with Crippen molar-refractivity contribution in [1.29, 1.82) is 0 Å². The van der Waals surface area contributed by atoms with E-state index in [4.69, 9.17) is 0 Å². The molecule has 3 rings (SSSR count). The Morgan fingerprint density at radius 3 is 2.19 bits per heavy atom. The predicted octanol–water partition coefficient (Wildman–Crippen LogP) is 5.00. The molecule has 1 heterocycles. The first-order valence-electron chi connectivity index (χ1n) is 10.0. The molecule has 1 amide bonds. The molecule has 0 saturated heterocycles. The van der Waals surface area contributed by atoms with Crippen LogP contribution in [0.1, 0.15) is 36.5 Å². The second kappa shape index (κ2) is 9.64. The molecular formula is C24H23F3N2O2. The Hall–Kier alpha value is -3.35. The molecule has 4 nitrogen and oxygen atoms in total. The third-order valence-corrected chi connectivity index (χ3v) is 4.90. The van der Waals surface area contributed by atoms with Gasteiger partial charge in [-0.3, -0.25) is 9.59 Å².